The first kappa shape index (κ1) is 13.0. The number of nitro groups is 1. The summed E-state index contributed by atoms with van der Waals surface area (Å²) in [7, 11) is 0. The van der Waals surface area contributed by atoms with Crippen molar-refractivity contribution in [2.45, 2.75) is 6.42 Å². The Morgan fingerprint density at radius 3 is 2.82 bits per heavy atom. The molecule has 0 saturated heterocycles. The van der Waals surface area contributed by atoms with Gasteiger partial charge >= 0.3 is 0 Å². The fourth-order valence-corrected chi connectivity index (χ4v) is 1.23. The van der Waals surface area contributed by atoms with E-state index >= 15 is 0 Å². The Hall–Kier alpha value is -2.02. The number of carbonyl (C=O) groups excluding carboxylic acids is 1. The van der Waals surface area contributed by atoms with Crippen LogP contribution in [0.25, 0.3) is 0 Å². The van der Waals surface area contributed by atoms with E-state index in [2.05, 4.69) is 5.32 Å². The van der Waals surface area contributed by atoms with Crippen molar-refractivity contribution in [1.82, 2.24) is 5.32 Å². The van der Waals surface area contributed by atoms with Crippen LogP contribution in [0.5, 0.6) is 0 Å². The van der Waals surface area contributed by atoms with Gasteiger partial charge < -0.3 is 10.4 Å². The van der Waals surface area contributed by atoms with Crippen LogP contribution in [0.15, 0.2) is 18.2 Å². The van der Waals surface area contributed by atoms with Crippen LogP contribution in [0.1, 0.15) is 16.8 Å². The van der Waals surface area contributed by atoms with Gasteiger partial charge in [-0.3, -0.25) is 14.9 Å². The molecule has 0 unspecified atom stereocenters. The third-order valence-electron chi connectivity index (χ3n) is 2.02. The molecule has 0 aliphatic carbocycles. The van der Waals surface area contributed by atoms with Crippen LogP contribution in [0.2, 0.25) is 0 Å². The summed E-state index contributed by atoms with van der Waals surface area (Å²) in [4.78, 5) is 21.4. The smallest absolute Gasteiger partial charge is 0.282 e. The quantitative estimate of drug-likeness (QED) is 0.454. The lowest BCUT2D eigenvalue weighted by atomic mass is 10.1. The second-order valence-corrected chi connectivity index (χ2v) is 3.25. The first-order valence-corrected chi connectivity index (χ1v) is 4.89. The molecule has 0 aromatic heterocycles. The summed E-state index contributed by atoms with van der Waals surface area (Å²) in [5.41, 5.74) is -0.777. The van der Waals surface area contributed by atoms with Crippen LogP contribution in [-0.2, 0) is 0 Å². The molecule has 1 aromatic rings. The lowest BCUT2D eigenvalue weighted by Crippen LogP contribution is -2.25. The number of aliphatic hydroxyl groups excluding tert-OH is 1. The van der Waals surface area contributed by atoms with Gasteiger partial charge in [0.25, 0.3) is 11.6 Å². The number of rotatable bonds is 5. The summed E-state index contributed by atoms with van der Waals surface area (Å²) < 4.78 is 12.9. The van der Waals surface area contributed by atoms with E-state index in [0.29, 0.717) is 6.42 Å². The lowest BCUT2D eigenvalue weighted by molar-refractivity contribution is -0.385. The second-order valence-electron chi connectivity index (χ2n) is 3.25. The Bertz CT molecular complexity index is 436. The molecular formula is C10H11FN2O4. The highest BCUT2D eigenvalue weighted by Gasteiger charge is 2.20. The number of hydrogen-bond donors (Lipinski definition) is 2. The minimum absolute atomic E-state index is 0.106. The van der Waals surface area contributed by atoms with Gasteiger partial charge in [-0.2, -0.15) is 0 Å². The first-order chi connectivity index (χ1) is 8.06. The van der Waals surface area contributed by atoms with Crippen LogP contribution in [0.3, 0.4) is 0 Å². The van der Waals surface area contributed by atoms with Gasteiger partial charge in [-0.25, -0.2) is 4.39 Å². The average molecular weight is 242 g/mol. The summed E-state index contributed by atoms with van der Waals surface area (Å²) in [6.07, 6.45) is 0.328. The molecule has 0 aliphatic rings. The summed E-state index contributed by atoms with van der Waals surface area (Å²) in [6.45, 7) is 0.0640. The van der Waals surface area contributed by atoms with Crippen LogP contribution < -0.4 is 5.32 Å². The molecule has 0 spiro atoms. The van der Waals surface area contributed by atoms with Crippen LogP contribution in [-0.4, -0.2) is 29.1 Å². The fourth-order valence-electron chi connectivity index (χ4n) is 1.23. The van der Waals surface area contributed by atoms with Gasteiger partial charge in [0.15, 0.2) is 0 Å². The molecule has 0 heterocycles. The summed E-state index contributed by atoms with van der Waals surface area (Å²) >= 11 is 0. The summed E-state index contributed by atoms with van der Waals surface area (Å²) in [5.74, 6) is -1.45. The topological polar surface area (TPSA) is 92.5 Å². The van der Waals surface area contributed by atoms with Gasteiger partial charge in [0.2, 0.25) is 0 Å². The van der Waals surface area contributed by atoms with E-state index in [4.69, 9.17) is 5.11 Å². The van der Waals surface area contributed by atoms with Crippen molar-refractivity contribution in [3.63, 3.8) is 0 Å². The van der Waals surface area contributed by atoms with Crippen molar-refractivity contribution in [2.75, 3.05) is 13.2 Å². The fraction of sp³-hybridized carbons (Fsp3) is 0.300. The SMILES string of the molecule is O=C(NCCCO)c1cc(F)ccc1[N+](=O)[O-]. The molecule has 0 saturated carbocycles. The molecule has 1 amide bonds. The zero-order valence-corrected chi connectivity index (χ0v) is 8.85. The van der Waals surface area contributed by atoms with Gasteiger partial charge in [0.1, 0.15) is 11.4 Å². The monoisotopic (exact) mass is 242 g/mol. The molecule has 92 valence electrons. The molecule has 2 N–H and O–H groups in total. The van der Waals surface area contributed by atoms with Gasteiger partial charge in [-0.1, -0.05) is 0 Å². The van der Waals surface area contributed by atoms with Crippen molar-refractivity contribution < 1.29 is 19.2 Å². The summed E-state index contributed by atoms with van der Waals surface area (Å²) in [5, 5.41) is 21.5. The van der Waals surface area contributed by atoms with E-state index in [1.165, 1.54) is 0 Å². The Kier molecular flexibility index (Phi) is 4.53. The van der Waals surface area contributed by atoms with Gasteiger partial charge in [0.05, 0.1) is 4.92 Å². The highest BCUT2D eigenvalue weighted by Crippen LogP contribution is 2.19. The maximum absolute atomic E-state index is 12.9. The molecule has 6 nitrogen and oxygen atoms in total. The number of amides is 1. The largest absolute Gasteiger partial charge is 0.396 e. The number of hydrogen-bond acceptors (Lipinski definition) is 4. The number of nitrogens with one attached hydrogen (secondary N) is 1. The lowest BCUT2D eigenvalue weighted by Gasteiger charge is -2.04. The maximum atomic E-state index is 12.9. The van der Waals surface area contributed by atoms with Crippen molar-refractivity contribution >= 4 is 11.6 Å². The average Bonchev–Trinajstić information content (AvgIpc) is 2.28. The van der Waals surface area contributed by atoms with E-state index in [-0.39, 0.29) is 18.7 Å². The van der Waals surface area contributed by atoms with Crippen molar-refractivity contribution in [3.05, 3.63) is 39.7 Å². The zero-order chi connectivity index (χ0) is 12.8. The Labute approximate surface area is 96.2 Å². The first-order valence-electron chi connectivity index (χ1n) is 4.89. The van der Waals surface area contributed by atoms with E-state index < -0.39 is 22.3 Å². The zero-order valence-electron chi connectivity index (χ0n) is 8.85. The van der Waals surface area contributed by atoms with Crippen LogP contribution >= 0.6 is 0 Å². The number of benzene rings is 1. The van der Waals surface area contributed by atoms with Crippen molar-refractivity contribution in [3.8, 4) is 0 Å². The summed E-state index contributed by atoms with van der Waals surface area (Å²) in [6, 6.07) is 2.67. The van der Waals surface area contributed by atoms with Crippen molar-refractivity contribution in [1.29, 1.82) is 0 Å². The highest BCUT2D eigenvalue weighted by molar-refractivity contribution is 5.98. The maximum Gasteiger partial charge on any atom is 0.282 e. The van der Waals surface area contributed by atoms with Gasteiger partial charge in [-0.15, -0.1) is 0 Å². The third-order valence-corrected chi connectivity index (χ3v) is 2.02. The highest BCUT2D eigenvalue weighted by atomic mass is 19.1. The molecule has 0 radical (unpaired) electrons. The predicted molar refractivity (Wildman–Crippen MR) is 57.1 cm³/mol. The number of carbonyl (C=O) groups is 1. The minimum atomic E-state index is -0.750. The van der Waals surface area contributed by atoms with E-state index in [9.17, 15) is 19.3 Å². The number of nitrogens with zero attached hydrogens (tertiary/aromatic N) is 1. The van der Waals surface area contributed by atoms with E-state index in [0.717, 1.165) is 18.2 Å². The molecule has 7 heteroatoms. The molecule has 0 atom stereocenters. The standard InChI is InChI=1S/C10H11FN2O4/c11-7-2-3-9(13(16)17)8(6-7)10(15)12-4-1-5-14/h2-3,6,14H,1,4-5H2,(H,12,15). The molecule has 0 aliphatic heterocycles. The molecule has 0 fully saturated rings. The second kappa shape index (κ2) is 5.90. The van der Waals surface area contributed by atoms with Crippen molar-refractivity contribution in [2.24, 2.45) is 0 Å². The van der Waals surface area contributed by atoms with E-state index in [1.54, 1.807) is 0 Å². The Balaban J connectivity index is 2.90. The van der Waals surface area contributed by atoms with Gasteiger partial charge in [-0.05, 0) is 18.6 Å². The molecule has 1 rings (SSSR count). The van der Waals surface area contributed by atoms with E-state index in [1.807, 2.05) is 0 Å². The van der Waals surface area contributed by atoms with Crippen LogP contribution in [0, 0.1) is 15.9 Å². The molecule has 0 bridgehead atoms. The van der Waals surface area contributed by atoms with Crippen LogP contribution in [0.4, 0.5) is 10.1 Å². The number of nitro benzene ring substituents is 1. The van der Waals surface area contributed by atoms with Gasteiger partial charge in [0, 0.05) is 19.2 Å². The molecular weight excluding hydrogens is 231 g/mol. The minimum Gasteiger partial charge on any atom is -0.396 e. The normalized spacial score (nSPS) is 10.0. The Morgan fingerprint density at radius 1 is 1.53 bits per heavy atom. The molecule has 17 heavy (non-hydrogen) atoms. The number of aliphatic hydroxyl groups is 1. The number of halogens is 1. The predicted octanol–water partition coefficient (Wildman–Crippen LogP) is 0.846. The Morgan fingerprint density at radius 2 is 2.24 bits per heavy atom. The molecule has 1 aromatic carbocycles. The third kappa shape index (κ3) is 3.49.